The van der Waals surface area contributed by atoms with Gasteiger partial charge in [-0.1, -0.05) is 45.8 Å². The van der Waals surface area contributed by atoms with E-state index in [1.165, 1.54) is 5.57 Å². The fraction of sp³-hybridized carbons (Fsp3) is 0.667. The smallest absolute Gasteiger partial charge is 0.306 e. The SMILES string of the molecule is C/C1=C/CC(/C(C)=C/c2csc(C)n2)OC(=O)CC[C@@H](C)C(=O)[C@H](C)[C@@H](C)[C@@H](C)CCC1. The Morgan fingerprint density at radius 3 is 2.50 bits per heavy atom. The number of hydrogen-bond donors (Lipinski definition) is 0. The van der Waals surface area contributed by atoms with E-state index in [1.54, 1.807) is 11.3 Å². The maximum absolute atomic E-state index is 13.0. The number of Topliss-reactive ketones (excluding diaryl/α,β-unsaturated/α-hetero) is 1. The van der Waals surface area contributed by atoms with Crippen LogP contribution in [-0.2, 0) is 14.3 Å². The number of nitrogens with zero attached hydrogens (tertiary/aromatic N) is 1. The highest BCUT2D eigenvalue weighted by molar-refractivity contribution is 7.09. The van der Waals surface area contributed by atoms with Crippen molar-refractivity contribution < 1.29 is 14.3 Å². The summed E-state index contributed by atoms with van der Waals surface area (Å²) in [7, 11) is 0. The van der Waals surface area contributed by atoms with E-state index in [1.807, 2.05) is 32.2 Å². The second-order valence-electron chi connectivity index (χ2n) is 9.80. The molecule has 2 rings (SSSR count). The third-order valence-electron chi connectivity index (χ3n) is 7.11. The molecule has 0 radical (unpaired) electrons. The Labute approximate surface area is 198 Å². The first-order valence-electron chi connectivity index (χ1n) is 12.1. The maximum Gasteiger partial charge on any atom is 0.306 e. The summed E-state index contributed by atoms with van der Waals surface area (Å²) in [5, 5.41) is 3.04. The van der Waals surface area contributed by atoms with Gasteiger partial charge < -0.3 is 4.74 Å². The minimum absolute atomic E-state index is 0.0139. The second kappa shape index (κ2) is 12.5. The first-order chi connectivity index (χ1) is 15.1. The number of aryl methyl sites for hydroxylation is 1. The normalized spacial score (nSPS) is 31.7. The molecule has 0 N–H and O–H groups in total. The number of hydrogen-bond acceptors (Lipinski definition) is 5. The highest BCUT2D eigenvalue weighted by Gasteiger charge is 2.28. The van der Waals surface area contributed by atoms with E-state index in [0.29, 0.717) is 24.7 Å². The Morgan fingerprint density at radius 1 is 1.12 bits per heavy atom. The van der Waals surface area contributed by atoms with Crippen LogP contribution >= 0.6 is 11.3 Å². The van der Waals surface area contributed by atoms with Crippen LogP contribution in [0.4, 0.5) is 0 Å². The summed E-state index contributed by atoms with van der Waals surface area (Å²) in [6.07, 6.45) is 8.67. The van der Waals surface area contributed by atoms with Crippen molar-refractivity contribution in [3.63, 3.8) is 0 Å². The number of rotatable bonds is 2. The first-order valence-corrected chi connectivity index (χ1v) is 13.0. The molecule has 0 saturated carbocycles. The van der Waals surface area contributed by atoms with E-state index in [0.717, 1.165) is 35.5 Å². The summed E-state index contributed by atoms with van der Waals surface area (Å²) in [6, 6.07) is 0. The van der Waals surface area contributed by atoms with Crippen LogP contribution in [0.25, 0.3) is 6.08 Å². The molecular weight excluding hydrogens is 418 g/mol. The molecule has 0 aromatic carbocycles. The number of allylic oxidation sites excluding steroid dienone is 1. The van der Waals surface area contributed by atoms with Crippen LogP contribution in [0, 0.1) is 30.6 Å². The van der Waals surface area contributed by atoms with Crippen molar-refractivity contribution in [2.45, 2.75) is 93.1 Å². The van der Waals surface area contributed by atoms with Gasteiger partial charge in [-0.25, -0.2) is 4.98 Å². The third kappa shape index (κ3) is 7.99. The minimum Gasteiger partial charge on any atom is -0.457 e. The lowest BCUT2D eigenvalue weighted by Crippen LogP contribution is -2.29. The van der Waals surface area contributed by atoms with Gasteiger partial charge in [0.05, 0.1) is 10.7 Å². The number of aromatic nitrogens is 1. The van der Waals surface area contributed by atoms with E-state index in [2.05, 4.69) is 38.8 Å². The van der Waals surface area contributed by atoms with Crippen molar-refractivity contribution in [3.05, 3.63) is 33.3 Å². The highest BCUT2D eigenvalue weighted by atomic mass is 32.1. The van der Waals surface area contributed by atoms with E-state index in [4.69, 9.17) is 4.74 Å². The third-order valence-corrected chi connectivity index (χ3v) is 7.90. The number of carbonyl (C=O) groups is 2. The van der Waals surface area contributed by atoms with E-state index >= 15 is 0 Å². The molecule has 5 heteroatoms. The molecule has 4 nitrogen and oxygen atoms in total. The molecule has 178 valence electrons. The number of thiazole rings is 1. The van der Waals surface area contributed by atoms with E-state index < -0.39 is 0 Å². The van der Waals surface area contributed by atoms with Gasteiger partial charge in [0, 0.05) is 30.1 Å². The average Bonchev–Trinajstić information content (AvgIpc) is 3.16. The van der Waals surface area contributed by atoms with Crippen LogP contribution in [-0.4, -0.2) is 22.8 Å². The van der Waals surface area contributed by atoms with Gasteiger partial charge in [0.25, 0.3) is 0 Å². The monoisotopic (exact) mass is 459 g/mol. The summed E-state index contributed by atoms with van der Waals surface area (Å²) in [5.41, 5.74) is 3.23. The molecule has 0 amide bonds. The van der Waals surface area contributed by atoms with Crippen molar-refractivity contribution in [1.82, 2.24) is 4.98 Å². The molecule has 1 aromatic rings. The largest absolute Gasteiger partial charge is 0.457 e. The molecule has 0 fully saturated rings. The summed E-state index contributed by atoms with van der Waals surface area (Å²) in [5.74, 6) is 0.776. The van der Waals surface area contributed by atoms with Crippen molar-refractivity contribution >= 4 is 29.2 Å². The zero-order valence-electron chi connectivity index (χ0n) is 20.9. The predicted octanol–water partition coefficient (Wildman–Crippen LogP) is 7.18. The molecule has 2 heterocycles. The average molecular weight is 460 g/mol. The van der Waals surface area contributed by atoms with Gasteiger partial charge in [-0.2, -0.15) is 0 Å². The fourth-order valence-electron chi connectivity index (χ4n) is 4.37. The van der Waals surface area contributed by atoms with Crippen molar-refractivity contribution in [1.29, 1.82) is 0 Å². The molecule has 0 spiro atoms. The number of ether oxygens (including phenoxy) is 1. The Morgan fingerprint density at radius 2 is 1.84 bits per heavy atom. The Kier molecular flexibility index (Phi) is 10.3. The molecule has 1 unspecified atom stereocenters. The quantitative estimate of drug-likeness (QED) is 0.347. The van der Waals surface area contributed by atoms with Crippen molar-refractivity contribution in [2.24, 2.45) is 23.7 Å². The molecule has 1 aliphatic heterocycles. The van der Waals surface area contributed by atoms with Crippen LogP contribution in [0.15, 0.2) is 22.6 Å². The van der Waals surface area contributed by atoms with Gasteiger partial charge in [0.1, 0.15) is 11.9 Å². The lowest BCUT2D eigenvalue weighted by molar-refractivity contribution is -0.147. The van der Waals surface area contributed by atoms with Gasteiger partial charge in [0.2, 0.25) is 0 Å². The summed E-state index contributed by atoms with van der Waals surface area (Å²) in [4.78, 5) is 30.1. The number of esters is 1. The fourth-order valence-corrected chi connectivity index (χ4v) is 4.94. The van der Waals surface area contributed by atoms with Gasteiger partial charge in [0.15, 0.2) is 0 Å². The number of ketones is 1. The Hall–Kier alpha value is -1.75. The van der Waals surface area contributed by atoms with Crippen molar-refractivity contribution in [2.75, 3.05) is 0 Å². The maximum atomic E-state index is 13.0. The zero-order valence-corrected chi connectivity index (χ0v) is 21.8. The first kappa shape index (κ1) is 26.5. The van der Waals surface area contributed by atoms with Crippen LogP contribution < -0.4 is 0 Å². The van der Waals surface area contributed by atoms with Crippen LogP contribution in [0.1, 0.15) is 90.8 Å². The molecule has 5 atom stereocenters. The molecule has 0 bridgehead atoms. The lowest BCUT2D eigenvalue weighted by Gasteiger charge is -2.27. The topological polar surface area (TPSA) is 56.3 Å². The molecular formula is C27H41NO3S. The van der Waals surface area contributed by atoms with Gasteiger partial charge in [-0.05, 0) is 63.5 Å². The number of cyclic esters (lactones) is 1. The van der Waals surface area contributed by atoms with Gasteiger partial charge in [-0.3, -0.25) is 9.59 Å². The van der Waals surface area contributed by atoms with Gasteiger partial charge >= 0.3 is 5.97 Å². The van der Waals surface area contributed by atoms with Crippen LogP contribution in [0.3, 0.4) is 0 Å². The Bertz CT molecular complexity index is 838. The van der Waals surface area contributed by atoms with Crippen molar-refractivity contribution in [3.8, 4) is 0 Å². The lowest BCUT2D eigenvalue weighted by atomic mass is 9.77. The minimum atomic E-state index is -0.309. The Balaban J connectivity index is 2.21. The number of carbonyl (C=O) groups excluding carboxylic acids is 2. The zero-order chi connectivity index (χ0) is 23.8. The van der Waals surface area contributed by atoms with Crippen LogP contribution in [0.5, 0.6) is 0 Å². The van der Waals surface area contributed by atoms with Crippen LogP contribution in [0.2, 0.25) is 0 Å². The summed E-state index contributed by atoms with van der Waals surface area (Å²) < 4.78 is 5.90. The summed E-state index contributed by atoms with van der Waals surface area (Å²) in [6.45, 7) is 14.6. The predicted molar refractivity (Wildman–Crippen MR) is 134 cm³/mol. The molecule has 1 aromatic heterocycles. The van der Waals surface area contributed by atoms with E-state index in [9.17, 15) is 9.59 Å². The van der Waals surface area contributed by atoms with Gasteiger partial charge in [-0.15, -0.1) is 11.3 Å². The molecule has 0 aliphatic carbocycles. The second-order valence-corrected chi connectivity index (χ2v) is 10.9. The molecule has 0 saturated heterocycles. The van der Waals surface area contributed by atoms with E-state index in [-0.39, 0.29) is 36.1 Å². The highest BCUT2D eigenvalue weighted by Crippen LogP contribution is 2.29. The molecule has 32 heavy (non-hydrogen) atoms. The molecule has 1 aliphatic rings. The summed E-state index contributed by atoms with van der Waals surface area (Å²) >= 11 is 1.61. The standard InChI is InChI=1S/C27H41NO3S/c1-17-9-8-10-18(2)21(5)22(6)27(30)19(3)12-14-26(29)31-25(13-11-17)20(4)15-24-16-32-23(7)28-24/h11,15-16,18-19,21-22,25H,8-10,12-14H2,1-7H3/b17-11-,20-15+/t18-,19+,21-,22+,25?/m0/s1.